The summed E-state index contributed by atoms with van der Waals surface area (Å²) in [5.74, 6) is -0.108. The Morgan fingerprint density at radius 2 is 1.85 bits per heavy atom. The Balaban J connectivity index is 1.97. The first-order valence-electron chi connectivity index (χ1n) is 6.59. The van der Waals surface area contributed by atoms with E-state index in [1.165, 1.54) is 5.56 Å². The second-order valence-corrected chi connectivity index (χ2v) is 4.76. The van der Waals surface area contributed by atoms with E-state index in [1.807, 2.05) is 68.4 Å². The van der Waals surface area contributed by atoms with Crippen LogP contribution in [0.4, 0.5) is 0 Å². The Hall–Kier alpha value is -2.42. The average molecular weight is 266 g/mol. The number of hydrogen-bond donors (Lipinski definition) is 1. The molecule has 0 heterocycles. The molecular formula is C17H18N2O. The van der Waals surface area contributed by atoms with Gasteiger partial charge in [-0.1, -0.05) is 60.2 Å². The predicted molar refractivity (Wildman–Crippen MR) is 81.7 cm³/mol. The van der Waals surface area contributed by atoms with Crippen molar-refractivity contribution in [2.24, 2.45) is 5.10 Å². The maximum absolute atomic E-state index is 11.8. The molecule has 0 aromatic heterocycles. The number of carbonyl (C=O) groups excluding carboxylic acids is 1. The van der Waals surface area contributed by atoms with Crippen molar-refractivity contribution in [3.05, 3.63) is 71.3 Å². The molecule has 3 nitrogen and oxygen atoms in total. The third-order valence-corrected chi connectivity index (χ3v) is 2.99. The van der Waals surface area contributed by atoms with Crippen LogP contribution in [0, 0.1) is 6.92 Å². The predicted octanol–water partition coefficient (Wildman–Crippen LogP) is 3.08. The number of benzene rings is 2. The van der Waals surface area contributed by atoms with Gasteiger partial charge < -0.3 is 0 Å². The van der Waals surface area contributed by atoms with Crippen molar-refractivity contribution in [3.63, 3.8) is 0 Å². The quantitative estimate of drug-likeness (QED) is 0.670. The van der Waals surface area contributed by atoms with Gasteiger partial charge in [-0.3, -0.25) is 4.79 Å². The van der Waals surface area contributed by atoms with Crippen LogP contribution in [-0.4, -0.2) is 11.6 Å². The zero-order valence-corrected chi connectivity index (χ0v) is 11.8. The first kappa shape index (κ1) is 14.0. The van der Waals surface area contributed by atoms with E-state index >= 15 is 0 Å². The van der Waals surface area contributed by atoms with Gasteiger partial charge in [-0.2, -0.15) is 5.10 Å². The summed E-state index contributed by atoms with van der Waals surface area (Å²) in [7, 11) is 0. The first-order chi connectivity index (χ1) is 9.65. The number of rotatable bonds is 4. The molecule has 2 aromatic carbocycles. The Morgan fingerprint density at radius 3 is 2.55 bits per heavy atom. The Bertz CT molecular complexity index is 618. The number of hydrogen-bond acceptors (Lipinski definition) is 2. The fourth-order valence-electron chi connectivity index (χ4n) is 1.90. The molecule has 1 N–H and O–H groups in total. The standard InChI is InChI=1S/C17H18N2O/c1-13-7-6-10-16(11-13)14(2)18-19-17(20)12-15-8-4-3-5-9-15/h3-11H,12H2,1-2H3,(H,19,20). The van der Waals surface area contributed by atoms with Gasteiger partial charge in [0.05, 0.1) is 12.1 Å². The highest BCUT2D eigenvalue weighted by atomic mass is 16.2. The highest BCUT2D eigenvalue weighted by Crippen LogP contribution is 2.05. The molecule has 2 aromatic rings. The van der Waals surface area contributed by atoms with Crippen molar-refractivity contribution in [1.82, 2.24) is 5.43 Å². The maximum atomic E-state index is 11.8. The summed E-state index contributed by atoms with van der Waals surface area (Å²) in [6, 6.07) is 17.7. The van der Waals surface area contributed by atoms with E-state index in [9.17, 15) is 4.79 Å². The lowest BCUT2D eigenvalue weighted by Gasteiger charge is -2.04. The summed E-state index contributed by atoms with van der Waals surface area (Å²) in [4.78, 5) is 11.8. The van der Waals surface area contributed by atoms with Gasteiger partial charge in [0.1, 0.15) is 0 Å². The smallest absolute Gasteiger partial charge is 0.244 e. The summed E-state index contributed by atoms with van der Waals surface area (Å²) in [5.41, 5.74) is 6.57. The van der Waals surface area contributed by atoms with E-state index in [0.717, 1.165) is 16.8 Å². The molecule has 0 spiro atoms. The van der Waals surface area contributed by atoms with Crippen molar-refractivity contribution >= 4 is 11.6 Å². The third-order valence-electron chi connectivity index (χ3n) is 2.99. The fraction of sp³-hybridized carbons (Fsp3) is 0.176. The summed E-state index contributed by atoms with van der Waals surface area (Å²) in [6.07, 6.45) is 0.339. The van der Waals surface area contributed by atoms with Gasteiger partial charge in [0.15, 0.2) is 0 Å². The summed E-state index contributed by atoms with van der Waals surface area (Å²) >= 11 is 0. The van der Waals surface area contributed by atoms with E-state index in [0.29, 0.717) is 6.42 Å². The molecular weight excluding hydrogens is 248 g/mol. The Kier molecular flexibility index (Phi) is 4.66. The van der Waals surface area contributed by atoms with Crippen LogP contribution < -0.4 is 5.43 Å². The minimum absolute atomic E-state index is 0.108. The SMILES string of the molecule is CC(=NNC(=O)Cc1ccccc1)c1cccc(C)c1. The molecule has 20 heavy (non-hydrogen) atoms. The molecule has 0 aliphatic heterocycles. The van der Waals surface area contributed by atoms with Gasteiger partial charge >= 0.3 is 0 Å². The second kappa shape index (κ2) is 6.66. The summed E-state index contributed by atoms with van der Waals surface area (Å²) in [6.45, 7) is 3.92. The highest BCUT2D eigenvalue weighted by molar-refractivity contribution is 5.99. The van der Waals surface area contributed by atoms with Crippen LogP contribution in [0.5, 0.6) is 0 Å². The molecule has 0 aliphatic carbocycles. The molecule has 2 rings (SSSR count). The Morgan fingerprint density at radius 1 is 1.10 bits per heavy atom. The highest BCUT2D eigenvalue weighted by Gasteiger charge is 2.02. The second-order valence-electron chi connectivity index (χ2n) is 4.76. The monoisotopic (exact) mass is 266 g/mol. The lowest BCUT2D eigenvalue weighted by molar-refractivity contribution is -0.120. The van der Waals surface area contributed by atoms with Crippen LogP contribution in [0.2, 0.25) is 0 Å². The van der Waals surface area contributed by atoms with Crippen LogP contribution in [0.25, 0.3) is 0 Å². The van der Waals surface area contributed by atoms with E-state index in [4.69, 9.17) is 0 Å². The van der Waals surface area contributed by atoms with Crippen LogP contribution in [0.1, 0.15) is 23.6 Å². The zero-order valence-electron chi connectivity index (χ0n) is 11.8. The van der Waals surface area contributed by atoms with Gasteiger partial charge in [-0.05, 0) is 25.0 Å². The molecule has 0 fully saturated rings. The van der Waals surface area contributed by atoms with Gasteiger partial charge in [0.2, 0.25) is 5.91 Å². The molecule has 3 heteroatoms. The molecule has 0 atom stereocenters. The van der Waals surface area contributed by atoms with Gasteiger partial charge in [0, 0.05) is 0 Å². The van der Waals surface area contributed by atoms with E-state index < -0.39 is 0 Å². The lowest BCUT2D eigenvalue weighted by Crippen LogP contribution is -2.21. The van der Waals surface area contributed by atoms with Crippen LogP contribution in [-0.2, 0) is 11.2 Å². The van der Waals surface area contributed by atoms with Crippen molar-refractivity contribution in [3.8, 4) is 0 Å². The molecule has 1 amide bonds. The number of carbonyl (C=O) groups is 1. The number of aryl methyl sites for hydroxylation is 1. The van der Waals surface area contributed by atoms with E-state index in [2.05, 4.69) is 10.5 Å². The van der Waals surface area contributed by atoms with Gasteiger partial charge in [0.25, 0.3) is 0 Å². The molecule has 0 aliphatic rings. The number of nitrogens with zero attached hydrogens (tertiary/aromatic N) is 1. The molecule has 102 valence electrons. The molecule has 0 unspecified atom stereocenters. The summed E-state index contributed by atoms with van der Waals surface area (Å²) in [5, 5.41) is 4.15. The number of amides is 1. The number of hydrazone groups is 1. The third kappa shape index (κ3) is 4.05. The van der Waals surface area contributed by atoms with E-state index in [-0.39, 0.29) is 5.91 Å². The summed E-state index contributed by atoms with van der Waals surface area (Å²) < 4.78 is 0. The molecule has 0 radical (unpaired) electrons. The minimum atomic E-state index is -0.108. The Labute approximate surface area is 119 Å². The van der Waals surface area contributed by atoms with Crippen molar-refractivity contribution in [2.45, 2.75) is 20.3 Å². The lowest BCUT2D eigenvalue weighted by atomic mass is 10.1. The maximum Gasteiger partial charge on any atom is 0.244 e. The minimum Gasteiger partial charge on any atom is -0.273 e. The van der Waals surface area contributed by atoms with Crippen molar-refractivity contribution < 1.29 is 4.79 Å². The molecule has 0 bridgehead atoms. The first-order valence-corrected chi connectivity index (χ1v) is 6.59. The van der Waals surface area contributed by atoms with Crippen molar-refractivity contribution in [1.29, 1.82) is 0 Å². The number of nitrogens with one attached hydrogen (secondary N) is 1. The van der Waals surface area contributed by atoms with Gasteiger partial charge in [-0.25, -0.2) is 5.43 Å². The van der Waals surface area contributed by atoms with Gasteiger partial charge in [-0.15, -0.1) is 0 Å². The topological polar surface area (TPSA) is 41.5 Å². The normalized spacial score (nSPS) is 11.2. The zero-order chi connectivity index (χ0) is 14.4. The van der Waals surface area contributed by atoms with Crippen molar-refractivity contribution in [2.75, 3.05) is 0 Å². The van der Waals surface area contributed by atoms with Crippen LogP contribution in [0.3, 0.4) is 0 Å². The van der Waals surface area contributed by atoms with Crippen LogP contribution in [0.15, 0.2) is 59.7 Å². The van der Waals surface area contributed by atoms with Crippen LogP contribution >= 0.6 is 0 Å². The largest absolute Gasteiger partial charge is 0.273 e. The van der Waals surface area contributed by atoms with E-state index in [1.54, 1.807) is 0 Å². The molecule has 0 saturated carbocycles. The fourth-order valence-corrected chi connectivity index (χ4v) is 1.90. The average Bonchev–Trinajstić information content (AvgIpc) is 2.46. The molecule has 0 saturated heterocycles.